The van der Waals surface area contributed by atoms with Crippen LogP contribution in [0.2, 0.25) is 0 Å². The Hall–Kier alpha value is -0.120. The van der Waals surface area contributed by atoms with Crippen LogP contribution in [-0.2, 0) is 0 Å². The van der Waals surface area contributed by atoms with Gasteiger partial charge in [-0.3, -0.25) is 4.90 Å². The average molecular weight is 223 g/mol. The fourth-order valence-corrected chi connectivity index (χ4v) is 3.85. The number of likely N-dealkylation sites (N-methyl/N-ethyl adjacent to an activating group) is 1. The second-order valence-corrected chi connectivity index (χ2v) is 5.83. The Bertz CT molecular complexity index is 243. The van der Waals surface area contributed by atoms with E-state index in [2.05, 4.69) is 22.2 Å². The van der Waals surface area contributed by atoms with Gasteiger partial charge in [0.25, 0.3) is 0 Å². The van der Waals surface area contributed by atoms with E-state index < -0.39 is 0 Å². The van der Waals surface area contributed by atoms with Crippen LogP contribution in [-0.4, -0.2) is 61.2 Å². The topological polar surface area (TPSA) is 18.5 Å². The Morgan fingerprint density at radius 1 is 1.06 bits per heavy atom. The van der Waals surface area contributed by atoms with Crippen molar-refractivity contribution < 1.29 is 0 Å². The monoisotopic (exact) mass is 223 g/mol. The summed E-state index contributed by atoms with van der Waals surface area (Å²) in [5.41, 5.74) is 0. The third-order valence-corrected chi connectivity index (χ3v) is 4.89. The third-order valence-electron chi connectivity index (χ3n) is 4.89. The van der Waals surface area contributed by atoms with E-state index in [0.29, 0.717) is 0 Å². The average Bonchev–Trinajstić information content (AvgIpc) is 2.92. The minimum atomic E-state index is 0.788. The molecule has 0 saturated carbocycles. The molecule has 0 amide bonds. The van der Waals surface area contributed by atoms with Gasteiger partial charge in [-0.2, -0.15) is 0 Å². The van der Waals surface area contributed by atoms with Crippen molar-refractivity contribution in [3.05, 3.63) is 0 Å². The number of hydrogen-bond acceptors (Lipinski definition) is 3. The van der Waals surface area contributed by atoms with E-state index in [1.54, 1.807) is 0 Å². The zero-order valence-corrected chi connectivity index (χ0v) is 10.5. The van der Waals surface area contributed by atoms with Gasteiger partial charge in [-0.25, -0.2) is 0 Å². The quantitative estimate of drug-likeness (QED) is 0.767. The summed E-state index contributed by atoms with van der Waals surface area (Å²) in [6.45, 7) is 5.20. The van der Waals surface area contributed by atoms with Crippen molar-refractivity contribution in [2.45, 2.75) is 50.2 Å². The maximum absolute atomic E-state index is 3.84. The summed E-state index contributed by atoms with van der Waals surface area (Å²) >= 11 is 0. The first-order valence-electron chi connectivity index (χ1n) is 7.02. The normalized spacial score (nSPS) is 40.7. The van der Waals surface area contributed by atoms with Crippen LogP contribution in [0.4, 0.5) is 0 Å². The summed E-state index contributed by atoms with van der Waals surface area (Å²) in [5.74, 6) is 0. The molecule has 0 aliphatic carbocycles. The van der Waals surface area contributed by atoms with Crippen molar-refractivity contribution in [1.29, 1.82) is 0 Å². The number of nitrogens with zero attached hydrogens (tertiary/aromatic N) is 2. The van der Waals surface area contributed by atoms with Gasteiger partial charge in [0.2, 0.25) is 0 Å². The first-order valence-corrected chi connectivity index (χ1v) is 7.02. The second kappa shape index (κ2) is 4.63. The van der Waals surface area contributed by atoms with Gasteiger partial charge in [-0.15, -0.1) is 0 Å². The lowest BCUT2D eigenvalue weighted by atomic mass is 10.1. The maximum Gasteiger partial charge on any atom is 0.0250 e. The van der Waals surface area contributed by atoms with Crippen LogP contribution in [0.25, 0.3) is 0 Å². The van der Waals surface area contributed by atoms with Crippen molar-refractivity contribution in [2.24, 2.45) is 0 Å². The standard InChI is InChI=1S/C13H25N3/c1-15-7-2-4-11(15)10-14-12-6-9-16-8-3-5-13(12)16/h11-14H,2-10H2,1H3. The fourth-order valence-electron chi connectivity index (χ4n) is 3.85. The zero-order chi connectivity index (χ0) is 11.0. The lowest BCUT2D eigenvalue weighted by Gasteiger charge is -2.25. The van der Waals surface area contributed by atoms with Gasteiger partial charge in [0, 0.05) is 31.2 Å². The molecular weight excluding hydrogens is 198 g/mol. The van der Waals surface area contributed by atoms with Crippen LogP contribution >= 0.6 is 0 Å². The highest BCUT2D eigenvalue weighted by molar-refractivity contribution is 4.96. The Kier molecular flexibility index (Phi) is 3.18. The van der Waals surface area contributed by atoms with Gasteiger partial charge in [0.1, 0.15) is 0 Å². The molecule has 0 spiro atoms. The number of nitrogens with one attached hydrogen (secondary N) is 1. The molecule has 0 aromatic rings. The molecule has 16 heavy (non-hydrogen) atoms. The van der Waals surface area contributed by atoms with Crippen LogP contribution in [0.3, 0.4) is 0 Å². The van der Waals surface area contributed by atoms with E-state index in [1.807, 2.05) is 0 Å². The first-order chi connectivity index (χ1) is 7.84. The zero-order valence-electron chi connectivity index (χ0n) is 10.5. The highest BCUT2D eigenvalue weighted by atomic mass is 15.2. The second-order valence-electron chi connectivity index (χ2n) is 5.83. The van der Waals surface area contributed by atoms with E-state index in [-0.39, 0.29) is 0 Å². The van der Waals surface area contributed by atoms with Gasteiger partial charge < -0.3 is 10.2 Å². The molecule has 3 saturated heterocycles. The number of hydrogen-bond donors (Lipinski definition) is 1. The largest absolute Gasteiger partial charge is 0.311 e. The van der Waals surface area contributed by atoms with Gasteiger partial charge in [-0.1, -0.05) is 0 Å². The van der Waals surface area contributed by atoms with Crippen molar-refractivity contribution in [1.82, 2.24) is 15.1 Å². The van der Waals surface area contributed by atoms with Crippen LogP contribution in [0.5, 0.6) is 0 Å². The molecule has 3 aliphatic rings. The molecule has 3 aliphatic heterocycles. The Morgan fingerprint density at radius 2 is 1.94 bits per heavy atom. The highest BCUT2D eigenvalue weighted by Crippen LogP contribution is 2.28. The number of rotatable bonds is 3. The van der Waals surface area contributed by atoms with E-state index in [9.17, 15) is 0 Å². The Morgan fingerprint density at radius 3 is 2.75 bits per heavy atom. The Labute approximate surface area is 99.2 Å². The molecular formula is C13H25N3. The van der Waals surface area contributed by atoms with Crippen molar-refractivity contribution in [3.63, 3.8) is 0 Å². The number of fused-ring (bicyclic) bond motifs is 1. The summed E-state index contributed by atoms with van der Waals surface area (Å²) in [6.07, 6.45) is 7.01. The van der Waals surface area contributed by atoms with Gasteiger partial charge in [-0.05, 0) is 52.2 Å². The smallest absolute Gasteiger partial charge is 0.0250 e. The van der Waals surface area contributed by atoms with Crippen molar-refractivity contribution >= 4 is 0 Å². The van der Waals surface area contributed by atoms with E-state index in [0.717, 1.165) is 18.1 Å². The van der Waals surface area contributed by atoms with Crippen LogP contribution < -0.4 is 5.32 Å². The molecule has 0 aromatic heterocycles. The van der Waals surface area contributed by atoms with E-state index in [4.69, 9.17) is 0 Å². The molecule has 3 atom stereocenters. The summed E-state index contributed by atoms with van der Waals surface area (Å²) in [5, 5.41) is 3.84. The molecule has 3 heteroatoms. The van der Waals surface area contributed by atoms with E-state index in [1.165, 1.54) is 58.3 Å². The molecule has 3 heterocycles. The van der Waals surface area contributed by atoms with Crippen LogP contribution in [0, 0.1) is 0 Å². The van der Waals surface area contributed by atoms with Gasteiger partial charge >= 0.3 is 0 Å². The van der Waals surface area contributed by atoms with Crippen LogP contribution in [0.1, 0.15) is 32.1 Å². The van der Waals surface area contributed by atoms with Gasteiger partial charge in [0.15, 0.2) is 0 Å². The molecule has 0 aromatic carbocycles. The molecule has 3 unspecified atom stereocenters. The fraction of sp³-hybridized carbons (Fsp3) is 1.00. The summed E-state index contributed by atoms with van der Waals surface area (Å²) < 4.78 is 0. The van der Waals surface area contributed by atoms with Crippen molar-refractivity contribution in [3.8, 4) is 0 Å². The predicted octanol–water partition coefficient (Wildman–Crippen LogP) is 0.907. The molecule has 3 rings (SSSR count). The van der Waals surface area contributed by atoms with Crippen LogP contribution in [0.15, 0.2) is 0 Å². The molecule has 92 valence electrons. The molecule has 1 N–H and O–H groups in total. The minimum Gasteiger partial charge on any atom is -0.311 e. The molecule has 3 nitrogen and oxygen atoms in total. The first kappa shape index (κ1) is 11.0. The lowest BCUT2D eigenvalue weighted by Crippen LogP contribution is -2.44. The summed E-state index contributed by atoms with van der Waals surface area (Å²) in [6, 6.07) is 2.46. The molecule has 3 fully saturated rings. The summed E-state index contributed by atoms with van der Waals surface area (Å²) in [7, 11) is 2.27. The Balaban J connectivity index is 1.48. The van der Waals surface area contributed by atoms with E-state index >= 15 is 0 Å². The van der Waals surface area contributed by atoms with Gasteiger partial charge in [0.05, 0.1) is 0 Å². The third kappa shape index (κ3) is 2.01. The van der Waals surface area contributed by atoms with Crippen molar-refractivity contribution in [2.75, 3.05) is 33.2 Å². The minimum absolute atomic E-state index is 0.788. The number of likely N-dealkylation sites (tertiary alicyclic amines) is 1. The SMILES string of the molecule is CN1CCCC1CNC1CCN2CCCC12. The summed E-state index contributed by atoms with van der Waals surface area (Å²) in [4.78, 5) is 5.21. The highest BCUT2D eigenvalue weighted by Gasteiger charge is 2.37. The maximum atomic E-state index is 3.84. The predicted molar refractivity (Wildman–Crippen MR) is 66.7 cm³/mol. The molecule has 0 bridgehead atoms. The lowest BCUT2D eigenvalue weighted by molar-refractivity contribution is 0.267. The molecule has 0 radical (unpaired) electrons.